The van der Waals surface area contributed by atoms with Gasteiger partial charge in [0.05, 0.1) is 7.11 Å². The lowest BCUT2D eigenvalue weighted by molar-refractivity contribution is 0.0852. The maximum absolute atomic E-state index is 9.53. The number of nitrogens with one attached hydrogen (secondary N) is 1. The van der Waals surface area contributed by atoms with Crippen molar-refractivity contribution in [3.8, 4) is 5.75 Å². The molecular formula is C12H17NO2. The standard InChI is InChI=1S/C12H17NO2/c1-15-10-5-2-4-9(8-10)11-6-3-7-12(14)13-11/h2,4-5,8,11-14H,3,6-7H2,1H3. The van der Waals surface area contributed by atoms with E-state index in [1.54, 1.807) is 7.11 Å². The Labute approximate surface area is 90.1 Å². The molecule has 15 heavy (non-hydrogen) atoms. The number of benzene rings is 1. The van der Waals surface area contributed by atoms with Gasteiger partial charge in [-0.25, -0.2) is 0 Å². The van der Waals surface area contributed by atoms with Crippen molar-refractivity contribution < 1.29 is 9.84 Å². The van der Waals surface area contributed by atoms with Crippen LogP contribution in [-0.4, -0.2) is 18.4 Å². The summed E-state index contributed by atoms with van der Waals surface area (Å²) in [7, 11) is 1.67. The third-order valence-electron chi connectivity index (χ3n) is 2.86. The van der Waals surface area contributed by atoms with E-state index in [2.05, 4.69) is 11.4 Å². The average molecular weight is 207 g/mol. The Bertz CT molecular complexity index is 327. The summed E-state index contributed by atoms with van der Waals surface area (Å²) in [4.78, 5) is 0. The average Bonchev–Trinajstić information content (AvgIpc) is 2.29. The third kappa shape index (κ3) is 2.49. The second-order valence-corrected chi connectivity index (χ2v) is 3.94. The predicted molar refractivity (Wildman–Crippen MR) is 58.7 cm³/mol. The van der Waals surface area contributed by atoms with Gasteiger partial charge in [0.1, 0.15) is 12.0 Å². The largest absolute Gasteiger partial charge is 0.497 e. The first kappa shape index (κ1) is 10.5. The number of rotatable bonds is 2. The van der Waals surface area contributed by atoms with Crippen LogP contribution in [0.2, 0.25) is 0 Å². The molecule has 1 aromatic carbocycles. The maximum Gasteiger partial charge on any atom is 0.119 e. The molecule has 2 atom stereocenters. The van der Waals surface area contributed by atoms with Crippen LogP contribution in [0.3, 0.4) is 0 Å². The fourth-order valence-corrected chi connectivity index (χ4v) is 2.04. The minimum Gasteiger partial charge on any atom is -0.497 e. The summed E-state index contributed by atoms with van der Waals surface area (Å²) in [6.07, 6.45) is 2.62. The van der Waals surface area contributed by atoms with Crippen LogP contribution in [-0.2, 0) is 0 Å². The molecule has 1 aromatic rings. The number of hydrogen-bond acceptors (Lipinski definition) is 3. The van der Waals surface area contributed by atoms with Gasteiger partial charge in [-0.2, -0.15) is 0 Å². The molecule has 0 bridgehead atoms. The molecule has 0 aromatic heterocycles. The number of aliphatic hydroxyl groups excluding tert-OH is 1. The molecular weight excluding hydrogens is 190 g/mol. The van der Waals surface area contributed by atoms with E-state index < -0.39 is 0 Å². The lowest BCUT2D eigenvalue weighted by Crippen LogP contribution is -2.36. The molecule has 2 rings (SSSR count). The molecule has 1 aliphatic rings. The van der Waals surface area contributed by atoms with Crippen molar-refractivity contribution in [2.45, 2.75) is 31.5 Å². The second-order valence-electron chi connectivity index (χ2n) is 3.94. The van der Waals surface area contributed by atoms with E-state index >= 15 is 0 Å². The van der Waals surface area contributed by atoms with Crippen molar-refractivity contribution in [2.24, 2.45) is 0 Å². The number of hydrogen-bond donors (Lipinski definition) is 2. The van der Waals surface area contributed by atoms with Gasteiger partial charge in [0.2, 0.25) is 0 Å². The smallest absolute Gasteiger partial charge is 0.119 e. The van der Waals surface area contributed by atoms with Gasteiger partial charge in [-0.3, -0.25) is 5.32 Å². The van der Waals surface area contributed by atoms with Crippen LogP contribution >= 0.6 is 0 Å². The number of piperidine rings is 1. The van der Waals surface area contributed by atoms with Gasteiger partial charge >= 0.3 is 0 Å². The zero-order valence-electron chi connectivity index (χ0n) is 8.94. The normalized spacial score (nSPS) is 26.3. The summed E-state index contributed by atoms with van der Waals surface area (Å²) in [6.45, 7) is 0. The Hall–Kier alpha value is -1.06. The van der Waals surface area contributed by atoms with Crippen molar-refractivity contribution >= 4 is 0 Å². The Morgan fingerprint density at radius 1 is 1.40 bits per heavy atom. The molecule has 1 aliphatic heterocycles. The highest BCUT2D eigenvalue weighted by Crippen LogP contribution is 2.26. The lowest BCUT2D eigenvalue weighted by atomic mass is 9.97. The molecule has 82 valence electrons. The van der Waals surface area contributed by atoms with Crippen LogP contribution in [0, 0.1) is 0 Å². The molecule has 0 spiro atoms. The Morgan fingerprint density at radius 2 is 2.27 bits per heavy atom. The summed E-state index contributed by atoms with van der Waals surface area (Å²) >= 11 is 0. The van der Waals surface area contributed by atoms with Gasteiger partial charge in [-0.05, 0) is 37.0 Å². The molecule has 1 heterocycles. The monoisotopic (exact) mass is 207 g/mol. The van der Waals surface area contributed by atoms with Crippen molar-refractivity contribution in [3.63, 3.8) is 0 Å². The van der Waals surface area contributed by atoms with E-state index in [4.69, 9.17) is 4.74 Å². The summed E-state index contributed by atoms with van der Waals surface area (Å²) in [6, 6.07) is 8.26. The van der Waals surface area contributed by atoms with Gasteiger partial charge in [0, 0.05) is 6.04 Å². The predicted octanol–water partition coefficient (Wildman–Crippen LogP) is 1.83. The quantitative estimate of drug-likeness (QED) is 0.777. The molecule has 0 aliphatic carbocycles. The minimum absolute atomic E-state index is 0.254. The first-order valence-corrected chi connectivity index (χ1v) is 5.37. The second kappa shape index (κ2) is 4.64. The fraction of sp³-hybridized carbons (Fsp3) is 0.500. The van der Waals surface area contributed by atoms with Crippen LogP contribution < -0.4 is 10.1 Å². The molecule has 3 nitrogen and oxygen atoms in total. The van der Waals surface area contributed by atoms with Gasteiger partial charge in [-0.15, -0.1) is 0 Å². The molecule has 2 unspecified atom stereocenters. The highest BCUT2D eigenvalue weighted by atomic mass is 16.5. The van der Waals surface area contributed by atoms with Crippen molar-refractivity contribution in [1.29, 1.82) is 0 Å². The number of ether oxygens (including phenoxy) is 1. The summed E-state index contributed by atoms with van der Waals surface area (Å²) in [5.74, 6) is 0.870. The van der Waals surface area contributed by atoms with Gasteiger partial charge < -0.3 is 9.84 Å². The molecule has 0 radical (unpaired) electrons. The van der Waals surface area contributed by atoms with Crippen LogP contribution in [0.1, 0.15) is 30.9 Å². The maximum atomic E-state index is 9.53. The van der Waals surface area contributed by atoms with E-state index in [-0.39, 0.29) is 12.3 Å². The van der Waals surface area contributed by atoms with E-state index in [9.17, 15) is 5.11 Å². The SMILES string of the molecule is COc1cccc(C2CCCC(O)N2)c1. The summed E-state index contributed by atoms with van der Waals surface area (Å²) in [5.41, 5.74) is 1.19. The van der Waals surface area contributed by atoms with E-state index in [0.717, 1.165) is 25.0 Å². The zero-order valence-corrected chi connectivity index (χ0v) is 8.94. The Kier molecular flexibility index (Phi) is 3.23. The number of methoxy groups -OCH3 is 1. The molecule has 0 amide bonds. The van der Waals surface area contributed by atoms with E-state index in [0.29, 0.717) is 0 Å². The topological polar surface area (TPSA) is 41.5 Å². The van der Waals surface area contributed by atoms with Crippen LogP contribution in [0.25, 0.3) is 0 Å². The van der Waals surface area contributed by atoms with Crippen molar-refractivity contribution in [1.82, 2.24) is 5.32 Å². The molecule has 0 saturated carbocycles. The minimum atomic E-state index is -0.366. The molecule has 3 heteroatoms. The summed E-state index contributed by atoms with van der Waals surface area (Å²) < 4.78 is 5.18. The zero-order chi connectivity index (χ0) is 10.7. The first-order valence-electron chi connectivity index (χ1n) is 5.37. The summed E-state index contributed by atoms with van der Waals surface area (Å²) in [5, 5.41) is 12.7. The lowest BCUT2D eigenvalue weighted by Gasteiger charge is -2.28. The first-order chi connectivity index (χ1) is 7.29. The van der Waals surface area contributed by atoms with Crippen molar-refractivity contribution in [2.75, 3.05) is 7.11 Å². The third-order valence-corrected chi connectivity index (χ3v) is 2.86. The highest BCUT2D eigenvalue weighted by molar-refractivity contribution is 5.30. The van der Waals surface area contributed by atoms with E-state index in [1.165, 1.54) is 5.56 Å². The van der Waals surface area contributed by atoms with Crippen LogP contribution in [0.4, 0.5) is 0 Å². The van der Waals surface area contributed by atoms with Gasteiger partial charge in [0.25, 0.3) is 0 Å². The highest BCUT2D eigenvalue weighted by Gasteiger charge is 2.20. The number of aliphatic hydroxyl groups is 1. The fourth-order valence-electron chi connectivity index (χ4n) is 2.04. The Balaban J connectivity index is 2.13. The molecule has 1 saturated heterocycles. The molecule has 2 N–H and O–H groups in total. The van der Waals surface area contributed by atoms with E-state index in [1.807, 2.05) is 18.2 Å². The van der Waals surface area contributed by atoms with Gasteiger partial charge in [0.15, 0.2) is 0 Å². The van der Waals surface area contributed by atoms with Gasteiger partial charge in [-0.1, -0.05) is 12.1 Å². The van der Waals surface area contributed by atoms with Crippen LogP contribution in [0.5, 0.6) is 5.75 Å². The molecule has 1 fully saturated rings. The van der Waals surface area contributed by atoms with Crippen LogP contribution in [0.15, 0.2) is 24.3 Å². The Morgan fingerprint density at radius 3 is 3.00 bits per heavy atom. The van der Waals surface area contributed by atoms with Crippen molar-refractivity contribution in [3.05, 3.63) is 29.8 Å².